The third kappa shape index (κ3) is 2.94. The predicted octanol–water partition coefficient (Wildman–Crippen LogP) is 4.45. The fourth-order valence-corrected chi connectivity index (χ4v) is 2.73. The van der Waals surface area contributed by atoms with Crippen LogP contribution in [-0.2, 0) is 16.1 Å². The Morgan fingerprint density at radius 2 is 1.57 bits per heavy atom. The van der Waals surface area contributed by atoms with Gasteiger partial charge in [0.25, 0.3) is 0 Å². The molecule has 23 heavy (non-hydrogen) atoms. The number of rotatable bonds is 4. The van der Waals surface area contributed by atoms with Crippen molar-refractivity contribution in [1.29, 1.82) is 0 Å². The SMILES string of the molecule is CC1(C)[C@H](/C=C/Cl)[C@@H]1C(=O)OCc1c(F)c(F)c(F)c(F)c1F. The Morgan fingerprint density at radius 3 is 2.04 bits per heavy atom. The molecule has 0 aromatic heterocycles. The highest BCUT2D eigenvalue weighted by molar-refractivity contribution is 6.25. The zero-order valence-electron chi connectivity index (χ0n) is 12.1. The van der Waals surface area contributed by atoms with Gasteiger partial charge in [-0.05, 0) is 11.3 Å². The molecule has 2 nitrogen and oxygen atoms in total. The minimum Gasteiger partial charge on any atom is -0.460 e. The van der Waals surface area contributed by atoms with Crippen molar-refractivity contribution in [3.8, 4) is 0 Å². The number of benzene rings is 1. The minimum absolute atomic E-state index is 0.219. The number of esters is 1. The van der Waals surface area contributed by atoms with Crippen molar-refractivity contribution >= 4 is 17.6 Å². The van der Waals surface area contributed by atoms with Crippen molar-refractivity contribution in [2.24, 2.45) is 17.3 Å². The second-order valence-electron chi connectivity index (χ2n) is 5.80. The molecule has 1 aliphatic rings. The fourth-order valence-electron chi connectivity index (χ4n) is 2.58. The van der Waals surface area contributed by atoms with Gasteiger partial charge in [0.1, 0.15) is 6.61 Å². The molecular weight excluding hydrogens is 343 g/mol. The van der Waals surface area contributed by atoms with Gasteiger partial charge in [-0.25, -0.2) is 22.0 Å². The van der Waals surface area contributed by atoms with Gasteiger partial charge in [0.2, 0.25) is 5.82 Å². The van der Waals surface area contributed by atoms with Crippen LogP contribution in [0.2, 0.25) is 0 Å². The Morgan fingerprint density at radius 1 is 1.09 bits per heavy atom. The van der Waals surface area contributed by atoms with Crippen LogP contribution in [0.5, 0.6) is 0 Å². The first-order chi connectivity index (χ1) is 10.6. The Hall–Kier alpha value is -1.63. The lowest BCUT2D eigenvalue weighted by Gasteiger charge is -2.09. The summed E-state index contributed by atoms with van der Waals surface area (Å²) in [5, 5.41) is 0. The molecule has 1 aromatic rings. The first-order valence-corrected chi connectivity index (χ1v) is 7.02. The van der Waals surface area contributed by atoms with E-state index in [4.69, 9.17) is 16.3 Å². The van der Waals surface area contributed by atoms with E-state index in [1.54, 1.807) is 19.9 Å². The number of allylic oxidation sites excluding steroid dienone is 1. The van der Waals surface area contributed by atoms with Gasteiger partial charge in [0.05, 0.1) is 11.5 Å². The molecule has 0 unspecified atom stereocenters. The lowest BCUT2D eigenvalue weighted by molar-refractivity contribution is -0.147. The van der Waals surface area contributed by atoms with Crippen LogP contribution in [0, 0.1) is 46.3 Å². The van der Waals surface area contributed by atoms with E-state index < -0.39 is 58.6 Å². The van der Waals surface area contributed by atoms with Gasteiger partial charge < -0.3 is 4.74 Å². The standard InChI is InChI=1S/C15H12ClF5O2/c1-15(2)7(3-4-16)8(15)14(22)23-5-6-9(17)11(19)13(21)12(20)10(6)18/h3-4,7-8H,5H2,1-2H3/b4-3+/t7-,8-/m1/s1. The smallest absolute Gasteiger partial charge is 0.310 e. The second kappa shape index (κ2) is 6.11. The number of hydrogen-bond donors (Lipinski definition) is 0. The number of hydrogen-bond acceptors (Lipinski definition) is 2. The molecule has 0 N–H and O–H groups in total. The third-order valence-corrected chi connectivity index (χ3v) is 4.25. The number of carbonyl (C=O) groups excluding carboxylic acids is 1. The van der Waals surface area contributed by atoms with Gasteiger partial charge >= 0.3 is 5.97 Å². The van der Waals surface area contributed by atoms with Crippen LogP contribution in [0.4, 0.5) is 22.0 Å². The van der Waals surface area contributed by atoms with Crippen molar-refractivity contribution in [3.63, 3.8) is 0 Å². The molecule has 0 bridgehead atoms. The van der Waals surface area contributed by atoms with E-state index in [9.17, 15) is 26.7 Å². The van der Waals surface area contributed by atoms with Crippen molar-refractivity contribution in [2.45, 2.75) is 20.5 Å². The lowest BCUT2D eigenvalue weighted by atomic mass is 10.1. The van der Waals surface area contributed by atoms with Crippen LogP contribution >= 0.6 is 11.6 Å². The van der Waals surface area contributed by atoms with Gasteiger partial charge in [0, 0.05) is 5.54 Å². The monoisotopic (exact) mass is 354 g/mol. The summed E-state index contributed by atoms with van der Waals surface area (Å²) in [6.45, 7) is 2.48. The maximum atomic E-state index is 13.5. The summed E-state index contributed by atoms with van der Waals surface area (Å²) >= 11 is 5.45. The van der Waals surface area contributed by atoms with E-state index in [1.165, 1.54) is 5.54 Å². The van der Waals surface area contributed by atoms with Crippen molar-refractivity contribution in [2.75, 3.05) is 0 Å². The molecule has 1 saturated carbocycles. The normalized spacial score (nSPS) is 22.4. The molecule has 2 atom stereocenters. The predicted molar refractivity (Wildman–Crippen MR) is 71.8 cm³/mol. The first-order valence-electron chi connectivity index (χ1n) is 6.58. The van der Waals surface area contributed by atoms with Gasteiger partial charge in [-0.15, -0.1) is 0 Å². The second-order valence-corrected chi connectivity index (χ2v) is 6.05. The van der Waals surface area contributed by atoms with Crippen molar-refractivity contribution in [1.82, 2.24) is 0 Å². The summed E-state index contributed by atoms with van der Waals surface area (Å²) in [6, 6.07) is 0. The molecule has 0 spiro atoms. The largest absolute Gasteiger partial charge is 0.460 e. The topological polar surface area (TPSA) is 26.3 Å². The Bertz CT molecular complexity index is 658. The molecule has 0 amide bonds. The van der Waals surface area contributed by atoms with Crippen LogP contribution in [0.25, 0.3) is 0 Å². The third-order valence-electron chi connectivity index (χ3n) is 4.10. The molecule has 8 heteroatoms. The zero-order chi connectivity index (χ0) is 17.5. The molecule has 1 aromatic carbocycles. The minimum atomic E-state index is -2.26. The summed E-state index contributed by atoms with van der Waals surface area (Å²) in [7, 11) is 0. The van der Waals surface area contributed by atoms with E-state index in [0.29, 0.717) is 0 Å². The van der Waals surface area contributed by atoms with Gasteiger partial charge in [-0.2, -0.15) is 0 Å². The summed E-state index contributed by atoms with van der Waals surface area (Å²) in [5.74, 6) is -12.1. The van der Waals surface area contributed by atoms with Gasteiger partial charge in [-0.1, -0.05) is 31.5 Å². The van der Waals surface area contributed by atoms with E-state index in [1.807, 2.05) is 0 Å². The van der Waals surface area contributed by atoms with Gasteiger partial charge in [0.15, 0.2) is 23.3 Å². The number of carbonyl (C=O) groups is 1. The molecule has 0 heterocycles. The maximum absolute atomic E-state index is 13.5. The van der Waals surface area contributed by atoms with E-state index in [0.717, 1.165) is 0 Å². The maximum Gasteiger partial charge on any atom is 0.310 e. The molecule has 0 saturated heterocycles. The molecule has 0 radical (unpaired) electrons. The van der Waals surface area contributed by atoms with Crippen LogP contribution in [0.3, 0.4) is 0 Å². The van der Waals surface area contributed by atoms with Crippen molar-refractivity contribution < 1.29 is 31.5 Å². The van der Waals surface area contributed by atoms with Crippen LogP contribution in [0.1, 0.15) is 19.4 Å². The van der Waals surface area contributed by atoms with Gasteiger partial charge in [-0.3, -0.25) is 4.79 Å². The molecular formula is C15H12ClF5O2. The zero-order valence-corrected chi connectivity index (χ0v) is 12.9. The quantitative estimate of drug-likeness (QED) is 0.345. The van der Waals surface area contributed by atoms with Crippen molar-refractivity contribution in [3.05, 3.63) is 46.3 Å². The van der Waals surface area contributed by atoms with E-state index in [2.05, 4.69) is 0 Å². The Labute approximate surface area is 133 Å². The lowest BCUT2D eigenvalue weighted by Crippen LogP contribution is -2.14. The summed E-state index contributed by atoms with van der Waals surface area (Å²) < 4.78 is 70.7. The molecule has 126 valence electrons. The molecule has 2 rings (SSSR count). The Kier molecular flexibility index (Phi) is 4.71. The molecule has 0 aliphatic heterocycles. The summed E-state index contributed by atoms with van der Waals surface area (Å²) in [4.78, 5) is 11.9. The average molecular weight is 355 g/mol. The van der Waals surface area contributed by atoms with Crippen LogP contribution in [0.15, 0.2) is 11.6 Å². The number of halogens is 6. The highest BCUT2D eigenvalue weighted by atomic mass is 35.5. The van der Waals surface area contributed by atoms with Crippen LogP contribution in [-0.4, -0.2) is 5.97 Å². The fraction of sp³-hybridized carbons (Fsp3) is 0.400. The van der Waals surface area contributed by atoms with E-state index >= 15 is 0 Å². The van der Waals surface area contributed by atoms with Crippen LogP contribution < -0.4 is 0 Å². The highest BCUT2D eigenvalue weighted by Crippen LogP contribution is 2.59. The summed E-state index contributed by atoms with van der Waals surface area (Å²) in [6.07, 6.45) is 1.58. The highest BCUT2D eigenvalue weighted by Gasteiger charge is 2.61. The molecule has 1 fully saturated rings. The molecule has 1 aliphatic carbocycles. The average Bonchev–Trinajstić information content (AvgIpc) is 3.04. The summed E-state index contributed by atoms with van der Waals surface area (Å²) in [5.41, 5.74) is -0.402. The number of ether oxygens (including phenoxy) is 1. The Balaban J connectivity index is 2.15. The van der Waals surface area contributed by atoms with E-state index in [-0.39, 0.29) is 5.92 Å². The first kappa shape index (κ1) is 17.7.